The fraction of sp³-hybridized carbons (Fsp3) is 0.154. The molecule has 2 rings (SSSR count). The van der Waals surface area contributed by atoms with Crippen molar-refractivity contribution in [2.45, 2.75) is 13.8 Å². The molecule has 0 amide bonds. The molecule has 0 unspecified atom stereocenters. The first-order valence-corrected chi connectivity index (χ1v) is 5.25. The summed E-state index contributed by atoms with van der Waals surface area (Å²) in [6.45, 7) is 3.35. The third-order valence-electron chi connectivity index (χ3n) is 2.61. The largest absolute Gasteiger partial charge is 0.345 e. The number of ketones is 1. The van der Waals surface area contributed by atoms with E-state index in [1.165, 1.54) is 13.1 Å². The maximum atomic E-state index is 11.1. The van der Waals surface area contributed by atoms with Gasteiger partial charge in [0.25, 0.3) is 0 Å². The Bertz CT molecular complexity index is 612. The molecular weight excluding hydrogens is 216 g/mol. The predicted octanol–water partition coefficient (Wildman–Crippen LogP) is 1.95. The molecule has 17 heavy (non-hydrogen) atoms. The van der Waals surface area contributed by atoms with Gasteiger partial charge in [0.2, 0.25) is 0 Å². The average Bonchev–Trinajstić information content (AvgIpc) is 2.29. The highest BCUT2D eigenvalue weighted by Crippen LogP contribution is 2.20. The first kappa shape index (κ1) is 11.3. The minimum absolute atomic E-state index is 0.0351. The molecule has 0 aliphatic rings. The highest BCUT2D eigenvalue weighted by Gasteiger charge is 2.04. The van der Waals surface area contributed by atoms with Crippen LogP contribution >= 0.6 is 0 Å². The van der Waals surface area contributed by atoms with E-state index in [1.54, 1.807) is 12.1 Å². The Morgan fingerprint density at radius 3 is 2.41 bits per heavy atom. The normalized spacial score (nSPS) is 10.2. The Labute approximate surface area is 98.3 Å². The quantitative estimate of drug-likeness (QED) is 0.799. The van der Waals surface area contributed by atoms with E-state index in [4.69, 9.17) is 0 Å². The summed E-state index contributed by atoms with van der Waals surface area (Å²) < 4.78 is 0. The van der Waals surface area contributed by atoms with Crippen LogP contribution in [0.15, 0.2) is 35.3 Å². The second kappa shape index (κ2) is 4.33. The van der Waals surface area contributed by atoms with Crippen LogP contribution in [0.3, 0.4) is 0 Å². The Hall–Kier alpha value is -2.23. The maximum absolute atomic E-state index is 11.1. The lowest BCUT2D eigenvalue weighted by Crippen LogP contribution is -2.11. The van der Waals surface area contributed by atoms with Crippen LogP contribution in [0.1, 0.15) is 23.0 Å². The molecule has 0 bridgehead atoms. The van der Waals surface area contributed by atoms with Gasteiger partial charge in [0.15, 0.2) is 5.78 Å². The van der Waals surface area contributed by atoms with Gasteiger partial charge in [-0.05, 0) is 19.4 Å². The highest BCUT2D eigenvalue weighted by molar-refractivity contribution is 5.94. The second-order valence-electron chi connectivity index (χ2n) is 3.86. The SMILES string of the molecule is CC(=O)c1ccc(-c2cnc(=O)[nH]c2C)cc1. The van der Waals surface area contributed by atoms with Crippen molar-refractivity contribution < 1.29 is 4.79 Å². The van der Waals surface area contributed by atoms with Crippen molar-refractivity contribution in [3.05, 3.63) is 52.2 Å². The van der Waals surface area contributed by atoms with E-state index in [0.29, 0.717) is 5.56 Å². The Balaban J connectivity index is 2.46. The molecule has 0 atom stereocenters. The number of aromatic nitrogens is 2. The van der Waals surface area contributed by atoms with Gasteiger partial charge in [-0.3, -0.25) is 4.79 Å². The molecule has 0 fully saturated rings. The summed E-state index contributed by atoms with van der Waals surface area (Å²) in [6, 6.07) is 7.22. The molecular formula is C13H12N2O2. The molecule has 1 aromatic carbocycles. The number of Topliss-reactive ketones (excluding diaryl/α,β-unsaturated/α-hetero) is 1. The monoisotopic (exact) mass is 228 g/mol. The first-order chi connectivity index (χ1) is 8.08. The molecule has 1 heterocycles. The van der Waals surface area contributed by atoms with Gasteiger partial charge < -0.3 is 4.98 Å². The van der Waals surface area contributed by atoms with E-state index in [1.807, 2.05) is 19.1 Å². The van der Waals surface area contributed by atoms with Gasteiger partial charge in [-0.25, -0.2) is 9.78 Å². The standard InChI is InChI=1S/C13H12N2O2/c1-8-12(7-14-13(17)15-8)11-5-3-10(4-6-11)9(2)16/h3-7H,1-2H3,(H,14,15,17). The molecule has 86 valence electrons. The maximum Gasteiger partial charge on any atom is 0.345 e. The van der Waals surface area contributed by atoms with Crippen LogP contribution in [-0.2, 0) is 0 Å². The number of rotatable bonds is 2. The summed E-state index contributed by atoms with van der Waals surface area (Å²) in [6.07, 6.45) is 1.54. The molecule has 0 saturated heterocycles. The number of hydrogen-bond acceptors (Lipinski definition) is 3. The Morgan fingerprint density at radius 2 is 1.88 bits per heavy atom. The zero-order chi connectivity index (χ0) is 12.4. The number of carbonyl (C=O) groups is 1. The van der Waals surface area contributed by atoms with Crippen LogP contribution in [0.2, 0.25) is 0 Å². The van der Waals surface area contributed by atoms with E-state index in [-0.39, 0.29) is 11.5 Å². The minimum atomic E-state index is -0.355. The fourth-order valence-corrected chi connectivity index (χ4v) is 1.66. The van der Waals surface area contributed by atoms with Crippen LogP contribution in [0, 0.1) is 6.92 Å². The summed E-state index contributed by atoms with van der Waals surface area (Å²) in [5.41, 5.74) is 2.87. The van der Waals surface area contributed by atoms with E-state index >= 15 is 0 Å². The van der Waals surface area contributed by atoms with Gasteiger partial charge in [0, 0.05) is 23.0 Å². The predicted molar refractivity (Wildman–Crippen MR) is 65.0 cm³/mol. The zero-order valence-electron chi connectivity index (χ0n) is 9.65. The lowest BCUT2D eigenvalue weighted by Gasteiger charge is -2.05. The number of nitrogens with one attached hydrogen (secondary N) is 1. The first-order valence-electron chi connectivity index (χ1n) is 5.25. The van der Waals surface area contributed by atoms with Gasteiger partial charge in [-0.15, -0.1) is 0 Å². The van der Waals surface area contributed by atoms with Crippen LogP contribution in [-0.4, -0.2) is 15.8 Å². The lowest BCUT2D eigenvalue weighted by atomic mass is 10.0. The van der Waals surface area contributed by atoms with Crippen molar-refractivity contribution in [1.29, 1.82) is 0 Å². The lowest BCUT2D eigenvalue weighted by molar-refractivity contribution is 0.101. The second-order valence-corrected chi connectivity index (χ2v) is 3.86. The third-order valence-corrected chi connectivity index (χ3v) is 2.61. The van der Waals surface area contributed by atoms with E-state index < -0.39 is 0 Å². The van der Waals surface area contributed by atoms with Crippen LogP contribution in [0.5, 0.6) is 0 Å². The van der Waals surface area contributed by atoms with Gasteiger partial charge in [-0.2, -0.15) is 0 Å². The zero-order valence-corrected chi connectivity index (χ0v) is 9.65. The summed E-state index contributed by atoms with van der Waals surface area (Å²) in [5, 5.41) is 0. The van der Waals surface area contributed by atoms with Crippen LogP contribution in [0.25, 0.3) is 11.1 Å². The number of carbonyl (C=O) groups excluding carboxylic acids is 1. The van der Waals surface area contributed by atoms with Crippen LogP contribution in [0.4, 0.5) is 0 Å². The molecule has 0 aliphatic carbocycles. The Morgan fingerprint density at radius 1 is 1.24 bits per heavy atom. The molecule has 0 spiro atoms. The van der Waals surface area contributed by atoms with Crippen molar-refractivity contribution in [1.82, 2.24) is 9.97 Å². The molecule has 0 saturated carbocycles. The molecule has 0 radical (unpaired) electrons. The number of aryl methyl sites for hydroxylation is 1. The van der Waals surface area contributed by atoms with Gasteiger partial charge in [0.1, 0.15) is 0 Å². The van der Waals surface area contributed by atoms with Crippen molar-refractivity contribution in [3.63, 3.8) is 0 Å². The minimum Gasteiger partial charge on any atom is -0.309 e. The van der Waals surface area contributed by atoms with Crippen molar-refractivity contribution in [2.24, 2.45) is 0 Å². The number of hydrogen-bond donors (Lipinski definition) is 1. The summed E-state index contributed by atoms with van der Waals surface area (Å²) in [7, 11) is 0. The van der Waals surface area contributed by atoms with Crippen molar-refractivity contribution >= 4 is 5.78 Å². The molecule has 1 aromatic heterocycles. The van der Waals surface area contributed by atoms with E-state index in [0.717, 1.165) is 16.8 Å². The fourth-order valence-electron chi connectivity index (χ4n) is 1.66. The van der Waals surface area contributed by atoms with E-state index in [2.05, 4.69) is 9.97 Å². The van der Waals surface area contributed by atoms with Crippen LogP contribution < -0.4 is 5.69 Å². The molecule has 1 N–H and O–H groups in total. The molecule has 4 nitrogen and oxygen atoms in total. The summed E-state index contributed by atoms with van der Waals surface area (Å²) >= 11 is 0. The van der Waals surface area contributed by atoms with Crippen molar-refractivity contribution in [3.8, 4) is 11.1 Å². The van der Waals surface area contributed by atoms with Gasteiger partial charge in [-0.1, -0.05) is 24.3 Å². The summed E-state index contributed by atoms with van der Waals surface area (Å²) in [4.78, 5) is 28.5. The van der Waals surface area contributed by atoms with E-state index in [9.17, 15) is 9.59 Å². The molecule has 4 heteroatoms. The Kier molecular flexibility index (Phi) is 2.87. The van der Waals surface area contributed by atoms with Gasteiger partial charge in [0.05, 0.1) is 0 Å². The van der Waals surface area contributed by atoms with Gasteiger partial charge >= 0.3 is 5.69 Å². The number of aromatic amines is 1. The number of nitrogens with zero attached hydrogens (tertiary/aromatic N) is 1. The average molecular weight is 228 g/mol. The third kappa shape index (κ3) is 2.30. The smallest absolute Gasteiger partial charge is 0.309 e. The number of H-pyrrole nitrogens is 1. The highest BCUT2D eigenvalue weighted by atomic mass is 16.1. The summed E-state index contributed by atoms with van der Waals surface area (Å²) in [5.74, 6) is 0.0351. The molecule has 0 aliphatic heterocycles. The number of benzene rings is 1. The molecule has 2 aromatic rings. The topological polar surface area (TPSA) is 62.8 Å². The van der Waals surface area contributed by atoms with Crippen molar-refractivity contribution in [2.75, 3.05) is 0 Å².